The first kappa shape index (κ1) is 17.9. The lowest BCUT2D eigenvalue weighted by Crippen LogP contribution is -2.12. The van der Waals surface area contributed by atoms with Gasteiger partial charge < -0.3 is 0 Å². The molecular formula is C19H18N6O2S. The fourth-order valence-corrected chi connectivity index (χ4v) is 3.58. The first-order valence-corrected chi connectivity index (χ1v) is 10.1. The average Bonchev–Trinajstić information content (AvgIpc) is 3.33. The van der Waals surface area contributed by atoms with Crippen molar-refractivity contribution in [3.05, 3.63) is 84.3 Å². The minimum absolute atomic E-state index is 0.0469. The molecule has 9 heteroatoms. The van der Waals surface area contributed by atoms with E-state index in [4.69, 9.17) is 0 Å². The number of benzene rings is 2. The van der Waals surface area contributed by atoms with Crippen molar-refractivity contribution in [2.75, 3.05) is 4.72 Å². The second-order valence-corrected chi connectivity index (χ2v) is 8.03. The van der Waals surface area contributed by atoms with E-state index in [1.54, 1.807) is 10.9 Å². The van der Waals surface area contributed by atoms with Crippen LogP contribution in [0.5, 0.6) is 0 Å². The molecule has 0 radical (unpaired) electrons. The van der Waals surface area contributed by atoms with Crippen molar-refractivity contribution in [1.29, 1.82) is 0 Å². The Morgan fingerprint density at radius 3 is 2.50 bits per heavy atom. The molecule has 0 saturated heterocycles. The summed E-state index contributed by atoms with van der Waals surface area (Å²) in [5, 5.41) is 12.0. The molecule has 0 aliphatic carbocycles. The minimum atomic E-state index is -3.82. The Morgan fingerprint density at radius 2 is 1.75 bits per heavy atom. The van der Waals surface area contributed by atoms with Gasteiger partial charge in [0.15, 0.2) is 5.82 Å². The second-order valence-electron chi connectivity index (χ2n) is 6.35. The number of aromatic nitrogens is 5. The fourth-order valence-electron chi connectivity index (χ4n) is 2.67. The van der Waals surface area contributed by atoms with Crippen LogP contribution in [-0.2, 0) is 16.6 Å². The molecular weight excluding hydrogens is 376 g/mol. The van der Waals surface area contributed by atoms with Crippen LogP contribution in [0.25, 0.3) is 5.69 Å². The Labute approximate surface area is 162 Å². The molecule has 2 aromatic heterocycles. The van der Waals surface area contributed by atoms with E-state index in [1.165, 1.54) is 17.1 Å². The first-order valence-electron chi connectivity index (χ1n) is 8.58. The highest BCUT2D eigenvalue weighted by Gasteiger charge is 2.19. The van der Waals surface area contributed by atoms with E-state index in [-0.39, 0.29) is 10.7 Å². The summed E-state index contributed by atoms with van der Waals surface area (Å²) in [6, 6.07) is 17.4. The van der Waals surface area contributed by atoms with E-state index in [2.05, 4.69) is 20.1 Å². The summed E-state index contributed by atoms with van der Waals surface area (Å²) in [5.74, 6) is 0.152. The molecule has 0 bridgehead atoms. The molecule has 4 rings (SSSR count). The van der Waals surface area contributed by atoms with E-state index in [0.717, 1.165) is 16.8 Å². The lowest BCUT2D eigenvalue weighted by Gasteiger charge is -2.03. The van der Waals surface area contributed by atoms with Gasteiger partial charge in [-0.3, -0.25) is 4.72 Å². The normalized spacial score (nSPS) is 11.5. The van der Waals surface area contributed by atoms with Crippen LogP contribution in [0.4, 0.5) is 5.82 Å². The lowest BCUT2D eigenvalue weighted by molar-refractivity contribution is 0.601. The zero-order valence-corrected chi connectivity index (χ0v) is 15.9. The number of nitrogens with one attached hydrogen (secondary N) is 1. The van der Waals surface area contributed by atoms with Gasteiger partial charge in [-0.15, -0.1) is 5.10 Å². The molecule has 0 aliphatic rings. The summed E-state index contributed by atoms with van der Waals surface area (Å²) in [4.78, 5) is 0.0469. The molecule has 2 heterocycles. The predicted molar refractivity (Wildman–Crippen MR) is 105 cm³/mol. The maximum absolute atomic E-state index is 12.6. The average molecular weight is 394 g/mol. The summed E-state index contributed by atoms with van der Waals surface area (Å²) in [6.07, 6.45) is 4.31. The van der Waals surface area contributed by atoms with Crippen LogP contribution in [0.1, 0.15) is 11.1 Å². The van der Waals surface area contributed by atoms with Gasteiger partial charge in [-0.05, 0) is 24.6 Å². The van der Waals surface area contributed by atoms with Gasteiger partial charge in [0.05, 0.1) is 30.8 Å². The van der Waals surface area contributed by atoms with E-state index in [0.29, 0.717) is 6.54 Å². The summed E-state index contributed by atoms with van der Waals surface area (Å²) >= 11 is 0. The Balaban J connectivity index is 1.50. The highest BCUT2D eigenvalue weighted by Crippen LogP contribution is 2.16. The molecule has 4 aromatic rings. The Morgan fingerprint density at radius 1 is 1.00 bits per heavy atom. The molecule has 28 heavy (non-hydrogen) atoms. The number of anilines is 1. The van der Waals surface area contributed by atoms with Crippen molar-refractivity contribution >= 4 is 15.8 Å². The van der Waals surface area contributed by atoms with Crippen molar-refractivity contribution in [1.82, 2.24) is 24.8 Å². The predicted octanol–water partition coefficient (Wildman–Crippen LogP) is 2.62. The molecule has 0 amide bonds. The van der Waals surface area contributed by atoms with Gasteiger partial charge >= 0.3 is 0 Å². The van der Waals surface area contributed by atoms with Crippen molar-refractivity contribution in [2.45, 2.75) is 18.4 Å². The topological polar surface area (TPSA) is 94.7 Å². The number of sulfonamides is 1. The number of hydrogen-bond donors (Lipinski definition) is 1. The smallest absolute Gasteiger partial charge is 0.260 e. The van der Waals surface area contributed by atoms with E-state index < -0.39 is 10.0 Å². The molecule has 0 unspecified atom stereocenters. The Hall–Kier alpha value is -3.46. The maximum atomic E-state index is 12.6. The SMILES string of the molecule is Cc1ccc(-n2cc(S(=O)(=O)Nc3cn(Cc4ccccc4)nn3)cn2)cc1. The molecule has 2 aromatic carbocycles. The molecule has 0 fully saturated rings. The largest absolute Gasteiger partial charge is 0.266 e. The maximum Gasteiger partial charge on any atom is 0.266 e. The number of aryl methyl sites for hydroxylation is 1. The quantitative estimate of drug-likeness (QED) is 0.542. The van der Waals surface area contributed by atoms with Crippen LogP contribution in [0.15, 0.2) is 78.1 Å². The van der Waals surface area contributed by atoms with Gasteiger partial charge in [0.1, 0.15) is 4.90 Å². The minimum Gasteiger partial charge on any atom is -0.260 e. The van der Waals surface area contributed by atoms with Gasteiger partial charge in [0, 0.05) is 0 Å². The summed E-state index contributed by atoms with van der Waals surface area (Å²) in [7, 11) is -3.82. The van der Waals surface area contributed by atoms with E-state index in [9.17, 15) is 8.42 Å². The highest BCUT2D eigenvalue weighted by atomic mass is 32.2. The van der Waals surface area contributed by atoms with Crippen LogP contribution in [0.3, 0.4) is 0 Å². The van der Waals surface area contributed by atoms with Gasteiger partial charge in [0.25, 0.3) is 10.0 Å². The number of hydrogen-bond acceptors (Lipinski definition) is 5. The Bertz CT molecular complexity index is 1180. The third kappa shape index (κ3) is 3.94. The molecule has 0 atom stereocenters. The van der Waals surface area contributed by atoms with Crippen LogP contribution < -0.4 is 4.72 Å². The molecule has 142 valence electrons. The van der Waals surface area contributed by atoms with Crippen LogP contribution in [-0.4, -0.2) is 33.2 Å². The van der Waals surface area contributed by atoms with Crippen molar-refractivity contribution in [2.24, 2.45) is 0 Å². The standard InChI is InChI=1S/C19H18N6O2S/c1-15-7-9-17(10-8-15)25-13-18(11-20-25)28(26,27)22-19-14-24(23-21-19)12-16-5-3-2-4-6-16/h2-11,13-14,22H,12H2,1H3. The van der Waals surface area contributed by atoms with E-state index in [1.807, 2.05) is 61.5 Å². The summed E-state index contributed by atoms with van der Waals surface area (Å²) in [6.45, 7) is 2.48. The molecule has 1 N–H and O–H groups in total. The second kappa shape index (κ2) is 7.28. The fraction of sp³-hybridized carbons (Fsp3) is 0.105. The number of rotatable bonds is 6. The lowest BCUT2D eigenvalue weighted by atomic mass is 10.2. The highest BCUT2D eigenvalue weighted by molar-refractivity contribution is 7.92. The third-order valence-corrected chi connectivity index (χ3v) is 5.44. The first-order chi connectivity index (χ1) is 13.5. The van der Waals surface area contributed by atoms with E-state index >= 15 is 0 Å². The third-order valence-electron chi connectivity index (χ3n) is 4.13. The molecule has 8 nitrogen and oxygen atoms in total. The summed E-state index contributed by atoms with van der Waals surface area (Å²) < 4.78 is 30.8. The Kier molecular flexibility index (Phi) is 4.66. The van der Waals surface area contributed by atoms with Crippen molar-refractivity contribution in [3.63, 3.8) is 0 Å². The zero-order chi connectivity index (χ0) is 19.6. The number of nitrogens with zero attached hydrogens (tertiary/aromatic N) is 5. The van der Waals surface area contributed by atoms with Crippen LogP contribution in [0.2, 0.25) is 0 Å². The zero-order valence-electron chi connectivity index (χ0n) is 15.1. The summed E-state index contributed by atoms with van der Waals surface area (Å²) in [5.41, 5.74) is 2.94. The van der Waals surface area contributed by atoms with Gasteiger partial charge in [-0.1, -0.05) is 53.2 Å². The van der Waals surface area contributed by atoms with Crippen LogP contribution >= 0.6 is 0 Å². The molecule has 0 saturated carbocycles. The van der Waals surface area contributed by atoms with Crippen molar-refractivity contribution in [3.8, 4) is 5.69 Å². The van der Waals surface area contributed by atoms with Gasteiger partial charge in [0.2, 0.25) is 0 Å². The van der Waals surface area contributed by atoms with Gasteiger partial charge in [-0.25, -0.2) is 17.8 Å². The monoisotopic (exact) mass is 394 g/mol. The van der Waals surface area contributed by atoms with Crippen LogP contribution in [0, 0.1) is 6.92 Å². The van der Waals surface area contributed by atoms with Crippen molar-refractivity contribution < 1.29 is 8.42 Å². The molecule has 0 spiro atoms. The molecule has 0 aliphatic heterocycles. The van der Waals surface area contributed by atoms with Gasteiger partial charge in [-0.2, -0.15) is 5.10 Å².